The highest BCUT2D eigenvalue weighted by atomic mass is 79.9. The highest BCUT2D eigenvalue weighted by Crippen LogP contribution is 2.31. The predicted octanol–water partition coefficient (Wildman–Crippen LogP) is 4.68. The van der Waals surface area contributed by atoms with Gasteiger partial charge in [0.25, 0.3) is 0 Å². The van der Waals surface area contributed by atoms with Crippen LogP contribution in [0.2, 0.25) is 0 Å². The van der Waals surface area contributed by atoms with E-state index in [-0.39, 0.29) is 6.09 Å². The van der Waals surface area contributed by atoms with E-state index in [1.54, 1.807) is 4.90 Å². The molecule has 0 N–H and O–H groups in total. The Balaban J connectivity index is 1.73. The lowest BCUT2D eigenvalue weighted by Gasteiger charge is -2.33. The normalized spacial score (nSPS) is 16.6. The molecular weight excluding hydrogens is 370 g/mol. The van der Waals surface area contributed by atoms with Crippen LogP contribution < -0.4 is 0 Å². The molecule has 0 radical (unpaired) electrons. The number of nitrogens with zero attached hydrogens (tertiary/aromatic N) is 3. The molecule has 1 aromatic carbocycles. The number of aromatic nitrogens is 2. The molecule has 1 aliphatic rings. The Hall–Kier alpha value is -1.56. The first kappa shape index (κ1) is 17.3. The first-order chi connectivity index (χ1) is 11.2. The molecule has 0 saturated carbocycles. The third-order valence-electron chi connectivity index (χ3n) is 4.28. The van der Waals surface area contributed by atoms with Crippen LogP contribution in [0.3, 0.4) is 0 Å². The topological polar surface area (TPSA) is 47.4 Å². The van der Waals surface area contributed by atoms with Gasteiger partial charge in [-0.3, -0.25) is 4.68 Å². The molecule has 0 spiro atoms. The average Bonchev–Trinajstić information content (AvgIpc) is 2.82. The van der Waals surface area contributed by atoms with Crippen LogP contribution in [0.4, 0.5) is 4.79 Å². The van der Waals surface area contributed by atoms with Crippen molar-refractivity contribution in [1.82, 2.24) is 14.7 Å². The summed E-state index contributed by atoms with van der Waals surface area (Å²) in [6.45, 7) is 9.18. The fourth-order valence-electron chi connectivity index (χ4n) is 3.11. The summed E-state index contributed by atoms with van der Waals surface area (Å²) in [5.41, 5.74) is 1.93. The van der Waals surface area contributed by atoms with Crippen molar-refractivity contribution < 1.29 is 9.53 Å². The molecule has 1 aromatic heterocycles. The molecule has 0 bridgehead atoms. The third-order valence-corrected chi connectivity index (χ3v) is 4.87. The summed E-state index contributed by atoms with van der Waals surface area (Å²) in [4.78, 5) is 14.0. The molecule has 2 heterocycles. The van der Waals surface area contributed by atoms with Crippen LogP contribution in [0.25, 0.3) is 10.9 Å². The molecule has 0 atom stereocenters. The number of halogens is 1. The van der Waals surface area contributed by atoms with Crippen LogP contribution >= 0.6 is 15.9 Å². The van der Waals surface area contributed by atoms with Gasteiger partial charge in [0.05, 0.1) is 11.6 Å². The fraction of sp³-hybridized carbons (Fsp3) is 0.556. The van der Waals surface area contributed by atoms with Gasteiger partial charge in [0.15, 0.2) is 0 Å². The van der Waals surface area contributed by atoms with Crippen LogP contribution in [0.15, 0.2) is 22.8 Å². The number of hydrogen-bond donors (Lipinski definition) is 0. The molecule has 1 saturated heterocycles. The van der Waals surface area contributed by atoms with E-state index in [1.807, 2.05) is 20.8 Å². The molecule has 0 aliphatic carbocycles. The van der Waals surface area contributed by atoms with Gasteiger partial charge in [-0.1, -0.05) is 6.07 Å². The average molecular weight is 394 g/mol. The summed E-state index contributed by atoms with van der Waals surface area (Å²) in [5.74, 6) is 0. The quantitative estimate of drug-likeness (QED) is 0.706. The lowest BCUT2D eigenvalue weighted by Crippen LogP contribution is -2.42. The second-order valence-corrected chi connectivity index (χ2v) is 8.21. The minimum Gasteiger partial charge on any atom is -0.444 e. The maximum Gasteiger partial charge on any atom is 0.410 e. The summed E-state index contributed by atoms with van der Waals surface area (Å²) >= 11 is 3.56. The number of rotatable bonds is 1. The molecular formula is C18H24BrN3O2. The third kappa shape index (κ3) is 3.58. The molecule has 130 valence electrons. The number of ether oxygens (including phenoxy) is 1. The minimum absolute atomic E-state index is 0.219. The minimum atomic E-state index is -0.450. The second-order valence-electron chi connectivity index (χ2n) is 7.45. The van der Waals surface area contributed by atoms with Crippen molar-refractivity contribution >= 4 is 32.9 Å². The van der Waals surface area contributed by atoms with Gasteiger partial charge in [-0.2, -0.15) is 5.10 Å². The van der Waals surface area contributed by atoms with Crippen molar-refractivity contribution in [3.63, 3.8) is 0 Å². The Labute approximate surface area is 151 Å². The van der Waals surface area contributed by atoms with Crippen molar-refractivity contribution in [3.8, 4) is 0 Å². The zero-order chi connectivity index (χ0) is 17.5. The maximum atomic E-state index is 12.2. The summed E-state index contributed by atoms with van der Waals surface area (Å²) in [6, 6.07) is 6.69. The van der Waals surface area contributed by atoms with Gasteiger partial charge in [-0.25, -0.2) is 4.79 Å². The van der Waals surface area contributed by atoms with E-state index in [9.17, 15) is 4.79 Å². The standard InChI is InChI=1S/C18H24BrN3O2/c1-12-5-6-14-15(11-12)22(20-16(14)19)13-7-9-21(10-8-13)17(23)24-18(2,3)4/h5-6,11,13H,7-10H2,1-4H3. The van der Waals surface area contributed by atoms with Gasteiger partial charge in [-0.15, -0.1) is 0 Å². The van der Waals surface area contributed by atoms with E-state index in [2.05, 4.69) is 50.8 Å². The largest absolute Gasteiger partial charge is 0.444 e. The van der Waals surface area contributed by atoms with Crippen LogP contribution in [0.1, 0.15) is 45.2 Å². The van der Waals surface area contributed by atoms with E-state index in [1.165, 1.54) is 5.56 Å². The van der Waals surface area contributed by atoms with Gasteiger partial charge in [0, 0.05) is 18.5 Å². The van der Waals surface area contributed by atoms with Crippen LogP contribution in [-0.4, -0.2) is 39.5 Å². The van der Waals surface area contributed by atoms with E-state index in [0.717, 1.165) is 28.3 Å². The zero-order valence-corrected chi connectivity index (χ0v) is 16.3. The molecule has 2 aromatic rings. The Morgan fingerprint density at radius 2 is 1.96 bits per heavy atom. The number of fused-ring (bicyclic) bond motifs is 1. The second kappa shape index (κ2) is 6.39. The smallest absolute Gasteiger partial charge is 0.410 e. The summed E-state index contributed by atoms with van der Waals surface area (Å²) < 4.78 is 8.46. The summed E-state index contributed by atoms with van der Waals surface area (Å²) in [7, 11) is 0. The van der Waals surface area contributed by atoms with Gasteiger partial charge < -0.3 is 9.64 Å². The van der Waals surface area contributed by atoms with Crippen molar-refractivity contribution in [1.29, 1.82) is 0 Å². The first-order valence-electron chi connectivity index (χ1n) is 8.37. The van der Waals surface area contributed by atoms with Crippen LogP contribution in [0.5, 0.6) is 0 Å². The van der Waals surface area contributed by atoms with E-state index < -0.39 is 5.60 Å². The molecule has 24 heavy (non-hydrogen) atoms. The lowest BCUT2D eigenvalue weighted by atomic mass is 10.1. The summed E-state index contributed by atoms with van der Waals surface area (Å²) in [5, 5.41) is 5.82. The van der Waals surface area contributed by atoms with Gasteiger partial charge in [0.1, 0.15) is 10.2 Å². The number of aryl methyl sites for hydroxylation is 1. The Morgan fingerprint density at radius 1 is 1.29 bits per heavy atom. The number of hydrogen-bond acceptors (Lipinski definition) is 3. The molecule has 0 unspecified atom stereocenters. The molecule has 1 fully saturated rings. The van der Waals surface area contributed by atoms with Crippen LogP contribution in [-0.2, 0) is 4.74 Å². The maximum absolute atomic E-state index is 12.2. The van der Waals surface area contributed by atoms with Gasteiger partial charge in [0.2, 0.25) is 0 Å². The van der Waals surface area contributed by atoms with Crippen molar-refractivity contribution in [2.75, 3.05) is 13.1 Å². The lowest BCUT2D eigenvalue weighted by molar-refractivity contribution is 0.0186. The highest BCUT2D eigenvalue weighted by molar-refractivity contribution is 9.10. The predicted molar refractivity (Wildman–Crippen MR) is 98.2 cm³/mol. The molecule has 5 nitrogen and oxygen atoms in total. The highest BCUT2D eigenvalue weighted by Gasteiger charge is 2.28. The van der Waals surface area contributed by atoms with Gasteiger partial charge >= 0.3 is 6.09 Å². The zero-order valence-electron chi connectivity index (χ0n) is 14.7. The van der Waals surface area contributed by atoms with Crippen molar-refractivity contribution in [2.45, 2.75) is 52.2 Å². The number of carbonyl (C=O) groups excluding carboxylic acids is 1. The number of likely N-dealkylation sites (tertiary alicyclic amines) is 1. The SMILES string of the molecule is Cc1ccc2c(Br)nn(C3CCN(C(=O)OC(C)(C)C)CC3)c2c1. The molecule has 3 rings (SSSR count). The fourth-order valence-corrected chi connectivity index (χ4v) is 3.61. The number of amides is 1. The number of benzene rings is 1. The van der Waals surface area contributed by atoms with E-state index >= 15 is 0 Å². The van der Waals surface area contributed by atoms with Crippen LogP contribution in [0, 0.1) is 6.92 Å². The number of piperidine rings is 1. The van der Waals surface area contributed by atoms with E-state index in [0.29, 0.717) is 19.1 Å². The Morgan fingerprint density at radius 3 is 2.58 bits per heavy atom. The Bertz CT molecular complexity index is 755. The van der Waals surface area contributed by atoms with E-state index in [4.69, 9.17) is 4.74 Å². The summed E-state index contributed by atoms with van der Waals surface area (Å²) in [6.07, 6.45) is 1.55. The van der Waals surface area contributed by atoms with Gasteiger partial charge in [-0.05, 0) is 74.2 Å². The van der Waals surface area contributed by atoms with Crippen molar-refractivity contribution in [2.24, 2.45) is 0 Å². The Kier molecular flexibility index (Phi) is 4.60. The molecule has 1 aliphatic heterocycles. The number of carbonyl (C=O) groups is 1. The molecule has 6 heteroatoms. The monoisotopic (exact) mass is 393 g/mol. The first-order valence-corrected chi connectivity index (χ1v) is 9.16. The van der Waals surface area contributed by atoms with Crippen molar-refractivity contribution in [3.05, 3.63) is 28.4 Å². The molecule has 1 amide bonds.